The molecule has 0 radical (unpaired) electrons. The van der Waals surface area contributed by atoms with Crippen LogP contribution in [0.25, 0.3) is 0 Å². The number of quaternary nitrogens is 1. The van der Waals surface area contributed by atoms with Gasteiger partial charge < -0.3 is 8.91 Å². The van der Waals surface area contributed by atoms with Gasteiger partial charge in [0.05, 0.1) is 27.7 Å². The molecule has 0 aromatic carbocycles. The maximum atomic E-state index is 6.22. The van der Waals surface area contributed by atoms with Gasteiger partial charge in [0.1, 0.15) is 0 Å². The SMILES string of the molecule is CCCO[Si](CC)(CC)CCC[N+](C)(C)C. The minimum atomic E-state index is -1.37. The molecule has 0 fully saturated rings. The average molecular weight is 246 g/mol. The van der Waals surface area contributed by atoms with Crippen LogP contribution in [0.5, 0.6) is 0 Å². The van der Waals surface area contributed by atoms with Gasteiger partial charge in [0.2, 0.25) is 0 Å². The van der Waals surface area contributed by atoms with Crippen LogP contribution in [0, 0.1) is 0 Å². The second-order valence-corrected chi connectivity index (χ2v) is 10.4. The molecule has 98 valence electrons. The minimum Gasteiger partial charge on any atom is -0.417 e. The van der Waals surface area contributed by atoms with Crippen LogP contribution in [0.4, 0.5) is 0 Å². The van der Waals surface area contributed by atoms with Crippen molar-refractivity contribution in [1.82, 2.24) is 0 Å². The molecule has 0 aliphatic rings. The third-order valence-electron chi connectivity index (χ3n) is 3.36. The lowest BCUT2D eigenvalue weighted by atomic mass is 10.4. The summed E-state index contributed by atoms with van der Waals surface area (Å²) >= 11 is 0. The number of rotatable bonds is 9. The van der Waals surface area contributed by atoms with E-state index < -0.39 is 8.32 Å². The van der Waals surface area contributed by atoms with Crippen LogP contribution in [-0.2, 0) is 4.43 Å². The number of nitrogens with zero attached hydrogens (tertiary/aromatic N) is 1. The lowest BCUT2D eigenvalue weighted by molar-refractivity contribution is -0.870. The molecule has 0 saturated heterocycles. The summed E-state index contributed by atoms with van der Waals surface area (Å²) in [5.74, 6) is 0. The molecule has 0 saturated carbocycles. The summed E-state index contributed by atoms with van der Waals surface area (Å²) in [4.78, 5) is 0. The van der Waals surface area contributed by atoms with E-state index in [1.807, 2.05) is 0 Å². The fourth-order valence-electron chi connectivity index (χ4n) is 2.07. The average Bonchev–Trinajstić information content (AvgIpc) is 2.22. The van der Waals surface area contributed by atoms with E-state index in [1.165, 1.54) is 31.1 Å². The standard InChI is InChI=1S/C13H32NOSi/c1-7-12-15-16(8-2,9-3)13-10-11-14(4,5)6/h7-13H2,1-6H3/q+1. The summed E-state index contributed by atoms with van der Waals surface area (Å²) < 4.78 is 7.30. The summed E-state index contributed by atoms with van der Waals surface area (Å²) in [5.41, 5.74) is 0. The van der Waals surface area contributed by atoms with E-state index in [1.54, 1.807) is 0 Å². The Morgan fingerprint density at radius 2 is 1.56 bits per heavy atom. The molecule has 0 aromatic heterocycles. The van der Waals surface area contributed by atoms with E-state index in [9.17, 15) is 0 Å². The van der Waals surface area contributed by atoms with Crippen LogP contribution in [0.3, 0.4) is 0 Å². The smallest absolute Gasteiger partial charge is 0.192 e. The van der Waals surface area contributed by atoms with Gasteiger partial charge in [-0.3, -0.25) is 0 Å². The van der Waals surface area contributed by atoms with Gasteiger partial charge in [-0.25, -0.2) is 0 Å². The molecule has 0 aromatic rings. The predicted molar refractivity (Wildman–Crippen MR) is 75.3 cm³/mol. The topological polar surface area (TPSA) is 9.23 Å². The van der Waals surface area contributed by atoms with Crippen molar-refractivity contribution in [1.29, 1.82) is 0 Å². The lowest BCUT2D eigenvalue weighted by Crippen LogP contribution is -2.40. The molecule has 0 unspecified atom stereocenters. The molecule has 0 amide bonds. The Bertz CT molecular complexity index is 173. The molecule has 0 bridgehead atoms. The van der Waals surface area contributed by atoms with Gasteiger partial charge in [-0.1, -0.05) is 20.8 Å². The maximum absolute atomic E-state index is 6.22. The minimum absolute atomic E-state index is 0.971. The van der Waals surface area contributed by atoms with Gasteiger partial charge >= 0.3 is 0 Å². The molecule has 0 spiro atoms. The largest absolute Gasteiger partial charge is 0.417 e. The van der Waals surface area contributed by atoms with E-state index in [0.29, 0.717) is 0 Å². The fourth-order valence-corrected chi connectivity index (χ4v) is 5.27. The highest BCUT2D eigenvalue weighted by molar-refractivity contribution is 6.73. The first kappa shape index (κ1) is 16.1. The first-order valence-corrected chi connectivity index (χ1v) is 9.36. The first-order valence-electron chi connectivity index (χ1n) is 6.83. The molecular formula is C13H32NOSi+. The normalized spacial score (nSPS) is 13.1. The molecule has 0 aliphatic heterocycles. The number of hydrogen-bond acceptors (Lipinski definition) is 1. The summed E-state index contributed by atoms with van der Waals surface area (Å²) in [5, 5.41) is 0. The van der Waals surface area contributed by atoms with Crippen molar-refractivity contribution in [3.63, 3.8) is 0 Å². The Morgan fingerprint density at radius 1 is 1.00 bits per heavy atom. The van der Waals surface area contributed by atoms with E-state index in [4.69, 9.17) is 4.43 Å². The molecule has 2 nitrogen and oxygen atoms in total. The summed E-state index contributed by atoms with van der Waals surface area (Å²) in [6, 6.07) is 3.90. The van der Waals surface area contributed by atoms with Crippen LogP contribution >= 0.6 is 0 Å². The molecule has 3 heteroatoms. The van der Waals surface area contributed by atoms with Gasteiger partial charge in [-0.15, -0.1) is 0 Å². The van der Waals surface area contributed by atoms with Crippen LogP contribution in [-0.4, -0.2) is 47.1 Å². The molecule has 0 N–H and O–H groups in total. The summed E-state index contributed by atoms with van der Waals surface area (Å²) in [6.07, 6.45) is 2.48. The molecule has 0 aliphatic carbocycles. The van der Waals surface area contributed by atoms with Crippen molar-refractivity contribution in [2.45, 2.75) is 51.7 Å². The lowest BCUT2D eigenvalue weighted by Gasteiger charge is -2.31. The Morgan fingerprint density at radius 3 is 1.94 bits per heavy atom. The van der Waals surface area contributed by atoms with Crippen molar-refractivity contribution in [2.75, 3.05) is 34.3 Å². The Balaban J connectivity index is 4.11. The van der Waals surface area contributed by atoms with Crippen molar-refractivity contribution in [3.8, 4) is 0 Å². The van der Waals surface area contributed by atoms with E-state index in [-0.39, 0.29) is 0 Å². The van der Waals surface area contributed by atoms with Crippen molar-refractivity contribution >= 4 is 8.32 Å². The third-order valence-corrected chi connectivity index (χ3v) is 8.02. The van der Waals surface area contributed by atoms with Gasteiger partial charge in [-0.2, -0.15) is 0 Å². The highest BCUT2D eigenvalue weighted by atomic mass is 28.4. The van der Waals surface area contributed by atoms with E-state index in [2.05, 4.69) is 41.9 Å². The van der Waals surface area contributed by atoms with Gasteiger partial charge in [0.15, 0.2) is 8.32 Å². The van der Waals surface area contributed by atoms with Gasteiger partial charge in [-0.05, 0) is 31.0 Å². The van der Waals surface area contributed by atoms with Crippen molar-refractivity contribution in [2.24, 2.45) is 0 Å². The van der Waals surface area contributed by atoms with E-state index in [0.717, 1.165) is 17.5 Å². The monoisotopic (exact) mass is 246 g/mol. The maximum Gasteiger partial charge on any atom is 0.192 e. The van der Waals surface area contributed by atoms with Crippen LogP contribution in [0.15, 0.2) is 0 Å². The zero-order chi connectivity index (χ0) is 12.7. The number of hydrogen-bond donors (Lipinski definition) is 0. The second kappa shape index (κ2) is 7.46. The summed E-state index contributed by atoms with van der Waals surface area (Å²) in [6.45, 7) is 9.08. The Labute approximate surface area is 104 Å². The predicted octanol–water partition coefficient (Wildman–Crippen LogP) is 3.49. The van der Waals surface area contributed by atoms with Crippen molar-refractivity contribution in [3.05, 3.63) is 0 Å². The Hall–Kier alpha value is 0.137. The second-order valence-electron chi connectivity index (χ2n) is 5.86. The molecule has 0 rings (SSSR count). The Kier molecular flexibility index (Phi) is 7.52. The van der Waals surface area contributed by atoms with E-state index >= 15 is 0 Å². The van der Waals surface area contributed by atoms with Gasteiger partial charge in [0, 0.05) is 6.61 Å². The van der Waals surface area contributed by atoms with Crippen LogP contribution in [0.2, 0.25) is 18.1 Å². The molecule has 0 heterocycles. The zero-order valence-electron chi connectivity index (χ0n) is 12.3. The van der Waals surface area contributed by atoms with Crippen LogP contribution in [0.1, 0.15) is 33.6 Å². The highest BCUT2D eigenvalue weighted by Crippen LogP contribution is 2.24. The molecular weight excluding hydrogens is 214 g/mol. The zero-order valence-corrected chi connectivity index (χ0v) is 13.3. The first-order chi connectivity index (χ1) is 7.39. The molecule has 16 heavy (non-hydrogen) atoms. The third kappa shape index (κ3) is 6.66. The highest BCUT2D eigenvalue weighted by Gasteiger charge is 2.30. The van der Waals surface area contributed by atoms with Gasteiger partial charge in [0.25, 0.3) is 0 Å². The molecule has 0 atom stereocenters. The summed E-state index contributed by atoms with van der Waals surface area (Å²) in [7, 11) is 5.44. The van der Waals surface area contributed by atoms with Crippen LogP contribution < -0.4 is 0 Å². The quantitative estimate of drug-likeness (QED) is 0.447. The van der Waals surface area contributed by atoms with Crippen molar-refractivity contribution < 1.29 is 8.91 Å². The fraction of sp³-hybridized carbons (Fsp3) is 1.00.